The van der Waals surface area contributed by atoms with Gasteiger partial charge in [0.2, 0.25) is 0 Å². The van der Waals surface area contributed by atoms with Crippen LogP contribution in [0.1, 0.15) is 5.56 Å². The van der Waals surface area contributed by atoms with Crippen molar-refractivity contribution in [2.24, 2.45) is 0 Å². The monoisotopic (exact) mass is 204 g/mol. The molecule has 4 nitrogen and oxygen atoms in total. The van der Waals surface area contributed by atoms with E-state index in [1.165, 1.54) is 6.26 Å². The maximum absolute atomic E-state index is 11.7. The van der Waals surface area contributed by atoms with Crippen LogP contribution in [0, 0.1) is 0 Å². The van der Waals surface area contributed by atoms with Crippen molar-refractivity contribution in [3.8, 4) is 0 Å². The van der Waals surface area contributed by atoms with Crippen molar-refractivity contribution in [2.75, 3.05) is 0 Å². The number of carboxylic acids is 1. The summed E-state index contributed by atoms with van der Waals surface area (Å²) in [4.78, 5) is 22.2. The Balaban J connectivity index is 2.65. The molecule has 1 aromatic heterocycles. The van der Waals surface area contributed by atoms with Crippen molar-refractivity contribution in [3.05, 3.63) is 46.3 Å². The number of hydrogen-bond donors (Lipinski definition) is 1. The smallest absolute Gasteiger partial charge is 0.308 e. The zero-order valence-corrected chi connectivity index (χ0v) is 7.77. The van der Waals surface area contributed by atoms with E-state index in [4.69, 9.17) is 9.52 Å². The highest BCUT2D eigenvalue weighted by atomic mass is 16.4. The van der Waals surface area contributed by atoms with Crippen LogP contribution >= 0.6 is 0 Å². The maximum Gasteiger partial charge on any atom is 0.308 e. The Hall–Kier alpha value is -2.10. The average Bonchev–Trinajstić information content (AvgIpc) is 2.22. The molecule has 0 spiro atoms. The number of carboxylic acid groups (broad SMARTS) is 1. The van der Waals surface area contributed by atoms with Crippen molar-refractivity contribution in [2.45, 2.75) is 6.42 Å². The molecule has 0 aliphatic rings. The minimum atomic E-state index is -1.04. The molecule has 15 heavy (non-hydrogen) atoms. The molecule has 0 saturated carbocycles. The van der Waals surface area contributed by atoms with Gasteiger partial charge in [-0.3, -0.25) is 9.59 Å². The summed E-state index contributed by atoms with van der Waals surface area (Å²) in [6.45, 7) is 0. The van der Waals surface area contributed by atoms with Crippen LogP contribution in [0.5, 0.6) is 0 Å². The van der Waals surface area contributed by atoms with Gasteiger partial charge in [0.15, 0.2) is 5.43 Å². The van der Waals surface area contributed by atoms with Gasteiger partial charge >= 0.3 is 5.97 Å². The Labute approximate surface area is 84.8 Å². The zero-order chi connectivity index (χ0) is 10.8. The highest BCUT2D eigenvalue weighted by molar-refractivity contribution is 5.78. The van der Waals surface area contributed by atoms with E-state index in [1.807, 2.05) is 0 Å². The topological polar surface area (TPSA) is 67.5 Å². The Kier molecular flexibility index (Phi) is 2.25. The number of para-hydroxylation sites is 1. The van der Waals surface area contributed by atoms with Gasteiger partial charge in [-0.05, 0) is 12.1 Å². The SMILES string of the molecule is O=C(O)Cc1coc2ccccc2c1=O. The molecule has 0 amide bonds. The Morgan fingerprint density at radius 1 is 1.33 bits per heavy atom. The van der Waals surface area contributed by atoms with Crippen LogP contribution in [0.15, 0.2) is 39.7 Å². The van der Waals surface area contributed by atoms with Crippen molar-refractivity contribution in [1.29, 1.82) is 0 Å². The quantitative estimate of drug-likeness (QED) is 0.803. The van der Waals surface area contributed by atoms with Crippen LogP contribution in [-0.4, -0.2) is 11.1 Å². The molecular formula is C11H8O4. The van der Waals surface area contributed by atoms with Crippen molar-refractivity contribution in [3.63, 3.8) is 0 Å². The van der Waals surface area contributed by atoms with Crippen LogP contribution in [0.2, 0.25) is 0 Å². The molecule has 0 fully saturated rings. The summed E-state index contributed by atoms with van der Waals surface area (Å²) in [5.74, 6) is -1.04. The lowest BCUT2D eigenvalue weighted by atomic mass is 10.1. The molecule has 0 radical (unpaired) electrons. The highest BCUT2D eigenvalue weighted by Crippen LogP contribution is 2.10. The van der Waals surface area contributed by atoms with Crippen LogP contribution in [0.25, 0.3) is 11.0 Å². The molecule has 1 aromatic carbocycles. The summed E-state index contributed by atoms with van der Waals surface area (Å²) in [6, 6.07) is 6.75. The number of rotatable bonds is 2. The van der Waals surface area contributed by atoms with Gasteiger partial charge in [-0.15, -0.1) is 0 Å². The maximum atomic E-state index is 11.7. The first-order valence-corrected chi connectivity index (χ1v) is 4.39. The van der Waals surface area contributed by atoms with E-state index in [2.05, 4.69) is 0 Å². The fraction of sp³-hybridized carbons (Fsp3) is 0.0909. The molecule has 0 atom stereocenters. The van der Waals surface area contributed by atoms with Gasteiger partial charge < -0.3 is 9.52 Å². The lowest BCUT2D eigenvalue weighted by molar-refractivity contribution is -0.136. The first kappa shape index (κ1) is 9.45. The van der Waals surface area contributed by atoms with Gasteiger partial charge in [0.1, 0.15) is 5.58 Å². The largest absolute Gasteiger partial charge is 0.481 e. The van der Waals surface area contributed by atoms with Gasteiger partial charge in [0.05, 0.1) is 18.1 Å². The standard InChI is InChI=1S/C11H8O4/c12-10(13)5-7-6-15-9-4-2-1-3-8(9)11(7)14/h1-4,6H,5H2,(H,12,13). The van der Waals surface area contributed by atoms with Crippen LogP contribution in [0.4, 0.5) is 0 Å². The predicted octanol–water partition coefficient (Wildman–Crippen LogP) is 1.42. The van der Waals surface area contributed by atoms with Crippen molar-refractivity contribution in [1.82, 2.24) is 0 Å². The third-order valence-electron chi connectivity index (χ3n) is 2.09. The lowest BCUT2D eigenvalue weighted by Gasteiger charge is -1.98. The van der Waals surface area contributed by atoms with Gasteiger partial charge in [-0.25, -0.2) is 0 Å². The second kappa shape index (κ2) is 3.57. The third kappa shape index (κ3) is 1.74. The molecule has 2 rings (SSSR count). The molecule has 2 aromatic rings. The summed E-state index contributed by atoms with van der Waals surface area (Å²) >= 11 is 0. The molecule has 0 aliphatic heterocycles. The molecule has 0 unspecified atom stereocenters. The Morgan fingerprint density at radius 2 is 2.07 bits per heavy atom. The fourth-order valence-electron chi connectivity index (χ4n) is 1.40. The molecule has 0 saturated heterocycles. The Bertz CT molecular complexity index is 568. The van der Waals surface area contributed by atoms with E-state index in [0.717, 1.165) is 0 Å². The number of fused-ring (bicyclic) bond motifs is 1. The van der Waals surface area contributed by atoms with Crippen molar-refractivity contribution < 1.29 is 14.3 Å². The normalized spacial score (nSPS) is 10.4. The first-order chi connectivity index (χ1) is 7.18. The van der Waals surface area contributed by atoms with Gasteiger partial charge in [0, 0.05) is 5.56 Å². The van der Waals surface area contributed by atoms with Gasteiger partial charge in [-0.2, -0.15) is 0 Å². The van der Waals surface area contributed by atoms with E-state index in [9.17, 15) is 9.59 Å². The predicted molar refractivity (Wildman–Crippen MR) is 53.8 cm³/mol. The fourth-order valence-corrected chi connectivity index (χ4v) is 1.40. The molecule has 76 valence electrons. The summed E-state index contributed by atoms with van der Waals surface area (Å²) < 4.78 is 5.16. The van der Waals surface area contributed by atoms with Gasteiger partial charge in [-0.1, -0.05) is 12.1 Å². The van der Waals surface area contributed by atoms with Crippen LogP contribution in [0.3, 0.4) is 0 Å². The zero-order valence-electron chi connectivity index (χ0n) is 7.77. The van der Waals surface area contributed by atoms with Crippen molar-refractivity contribution >= 4 is 16.9 Å². The van der Waals surface area contributed by atoms with Crippen LogP contribution in [-0.2, 0) is 11.2 Å². The van der Waals surface area contributed by atoms with E-state index in [1.54, 1.807) is 24.3 Å². The van der Waals surface area contributed by atoms with Crippen LogP contribution < -0.4 is 5.43 Å². The Morgan fingerprint density at radius 3 is 2.80 bits per heavy atom. The summed E-state index contributed by atoms with van der Waals surface area (Å²) in [6.07, 6.45) is 0.895. The summed E-state index contributed by atoms with van der Waals surface area (Å²) in [5.41, 5.74) is 0.358. The molecular weight excluding hydrogens is 196 g/mol. The molecule has 1 N–H and O–H groups in total. The molecule has 0 bridgehead atoms. The summed E-state index contributed by atoms with van der Waals surface area (Å²) in [7, 11) is 0. The summed E-state index contributed by atoms with van der Waals surface area (Å²) in [5, 5.41) is 9.00. The number of aliphatic carboxylic acids is 1. The molecule has 1 heterocycles. The third-order valence-corrected chi connectivity index (χ3v) is 2.09. The van der Waals surface area contributed by atoms with E-state index in [0.29, 0.717) is 11.0 Å². The van der Waals surface area contributed by atoms with E-state index < -0.39 is 5.97 Å². The minimum Gasteiger partial charge on any atom is -0.481 e. The number of carbonyl (C=O) groups is 1. The molecule has 0 aliphatic carbocycles. The first-order valence-electron chi connectivity index (χ1n) is 4.39. The second-order valence-electron chi connectivity index (χ2n) is 3.16. The number of benzene rings is 1. The second-order valence-corrected chi connectivity index (χ2v) is 3.16. The van der Waals surface area contributed by atoms with E-state index in [-0.39, 0.29) is 17.4 Å². The minimum absolute atomic E-state index is 0.168. The highest BCUT2D eigenvalue weighted by Gasteiger charge is 2.09. The lowest BCUT2D eigenvalue weighted by Crippen LogP contribution is -2.13. The van der Waals surface area contributed by atoms with E-state index >= 15 is 0 Å². The average molecular weight is 204 g/mol. The number of hydrogen-bond acceptors (Lipinski definition) is 3. The molecule has 4 heteroatoms. The van der Waals surface area contributed by atoms with Gasteiger partial charge in [0.25, 0.3) is 0 Å².